The highest BCUT2D eigenvalue weighted by molar-refractivity contribution is 8.00. The van der Waals surface area contributed by atoms with Gasteiger partial charge in [0, 0.05) is 18.8 Å². The van der Waals surface area contributed by atoms with Gasteiger partial charge in [-0.3, -0.25) is 4.79 Å². The maximum Gasteiger partial charge on any atom is 0.320 e. The zero-order valence-electron chi connectivity index (χ0n) is 12.4. The molecule has 0 unspecified atom stereocenters. The zero-order chi connectivity index (χ0) is 15.1. The molecule has 2 heterocycles. The number of esters is 1. The van der Waals surface area contributed by atoms with Crippen molar-refractivity contribution in [1.82, 2.24) is 10.2 Å². The predicted molar refractivity (Wildman–Crippen MR) is 86.8 cm³/mol. The van der Waals surface area contributed by atoms with Crippen molar-refractivity contribution >= 4 is 35.1 Å². The standard InChI is InChI=1S/C13H23N3O3S2/c1-18-12(17)11-10-16(6-9-21-11)13(20)14-2-3-15-4-7-19-8-5-15/h11H,2-10H2,1H3,(H,14,20)/p+1/t11-/m0/s1. The number of nitrogens with zero attached hydrogens (tertiary/aromatic N) is 1. The first-order chi connectivity index (χ1) is 10.2. The van der Waals surface area contributed by atoms with E-state index in [4.69, 9.17) is 21.7 Å². The molecule has 0 spiro atoms. The second-order valence-electron chi connectivity index (χ2n) is 5.17. The lowest BCUT2D eigenvalue weighted by molar-refractivity contribution is -0.906. The Morgan fingerprint density at radius 2 is 2.29 bits per heavy atom. The zero-order valence-corrected chi connectivity index (χ0v) is 14.1. The third-order valence-corrected chi connectivity index (χ3v) is 5.34. The lowest BCUT2D eigenvalue weighted by atomic mass is 10.3. The van der Waals surface area contributed by atoms with Crippen LogP contribution in [0.4, 0.5) is 0 Å². The van der Waals surface area contributed by atoms with Crippen LogP contribution in [-0.4, -0.2) is 86.6 Å². The molecule has 2 aliphatic rings. The Labute approximate surface area is 135 Å². The molecule has 6 nitrogen and oxygen atoms in total. The fourth-order valence-electron chi connectivity index (χ4n) is 2.48. The monoisotopic (exact) mass is 334 g/mol. The second-order valence-corrected chi connectivity index (χ2v) is 6.87. The van der Waals surface area contributed by atoms with E-state index in [1.165, 1.54) is 7.11 Å². The first-order valence-corrected chi connectivity index (χ1v) is 8.80. The van der Waals surface area contributed by atoms with E-state index in [0.717, 1.165) is 56.8 Å². The molecule has 2 N–H and O–H groups in total. The largest absolute Gasteiger partial charge is 0.468 e. The van der Waals surface area contributed by atoms with E-state index in [-0.39, 0.29) is 11.2 Å². The molecule has 1 atom stereocenters. The van der Waals surface area contributed by atoms with Crippen LogP contribution in [0.3, 0.4) is 0 Å². The molecular formula is C13H24N3O3S2+. The van der Waals surface area contributed by atoms with Gasteiger partial charge in [-0.1, -0.05) is 0 Å². The van der Waals surface area contributed by atoms with Crippen LogP contribution in [0.1, 0.15) is 0 Å². The Morgan fingerprint density at radius 3 is 3.00 bits per heavy atom. The lowest BCUT2D eigenvalue weighted by Gasteiger charge is -2.33. The smallest absolute Gasteiger partial charge is 0.320 e. The number of ether oxygens (including phenoxy) is 2. The van der Waals surface area contributed by atoms with E-state index in [0.29, 0.717) is 6.54 Å². The molecule has 0 radical (unpaired) electrons. The molecule has 0 aromatic carbocycles. The minimum Gasteiger partial charge on any atom is -0.468 e. The van der Waals surface area contributed by atoms with Crippen LogP contribution in [0.5, 0.6) is 0 Å². The van der Waals surface area contributed by atoms with E-state index < -0.39 is 0 Å². The number of nitrogens with one attached hydrogen (secondary N) is 2. The summed E-state index contributed by atoms with van der Waals surface area (Å²) in [6.45, 7) is 7.27. The number of thiocarbonyl (C=S) groups is 1. The summed E-state index contributed by atoms with van der Waals surface area (Å²) in [5, 5.41) is 3.93. The third-order valence-electron chi connectivity index (χ3n) is 3.77. The second kappa shape index (κ2) is 8.77. The number of quaternary nitrogens is 1. The highest BCUT2D eigenvalue weighted by atomic mass is 32.2. The molecule has 0 amide bonds. The number of hydrogen-bond acceptors (Lipinski definition) is 5. The quantitative estimate of drug-likeness (QED) is 0.473. The number of methoxy groups -OCH3 is 1. The summed E-state index contributed by atoms with van der Waals surface area (Å²) in [5.74, 6) is 0.737. The molecule has 0 aromatic heterocycles. The Bertz CT molecular complexity index is 365. The van der Waals surface area contributed by atoms with Crippen LogP contribution < -0.4 is 10.2 Å². The van der Waals surface area contributed by atoms with Gasteiger partial charge in [-0.2, -0.15) is 0 Å². The van der Waals surface area contributed by atoms with E-state index >= 15 is 0 Å². The van der Waals surface area contributed by atoms with E-state index in [1.54, 1.807) is 16.7 Å². The summed E-state index contributed by atoms with van der Waals surface area (Å²) in [6, 6.07) is 0. The summed E-state index contributed by atoms with van der Waals surface area (Å²) in [5.41, 5.74) is 0. The van der Waals surface area contributed by atoms with Crippen LogP contribution in [0, 0.1) is 0 Å². The first kappa shape index (κ1) is 16.8. The van der Waals surface area contributed by atoms with Crippen molar-refractivity contribution in [1.29, 1.82) is 0 Å². The predicted octanol–water partition coefficient (Wildman–Crippen LogP) is -1.63. The number of thioether (sulfide) groups is 1. The van der Waals surface area contributed by atoms with Gasteiger partial charge in [0.15, 0.2) is 5.11 Å². The van der Waals surface area contributed by atoms with Gasteiger partial charge in [-0.05, 0) is 12.2 Å². The van der Waals surface area contributed by atoms with Crippen molar-refractivity contribution in [3.8, 4) is 0 Å². The Morgan fingerprint density at radius 1 is 1.52 bits per heavy atom. The molecule has 2 aliphatic heterocycles. The van der Waals surface area contributed by atoms with Crippen molar-refractivity contribution in [3.05, 3.63) is 0 Å². The highest BCUT2D eigenvalue weighted by Crippen LogP contribution is 2.19. The highest BCUT2D eigenvalue weighted by Gasteiger charge is 2.28. The van der Waals surface area contributed by atoms with Crippen LogP contribution >= 0.6 is 24.0 Å². The number of hydrogen-bond donors (Lipinski definition) is 2. The lowest BCUT2D eigenvalue weighted by Crippen LogP contribution is -3.14. The Balaban J connectivity index is 1.68. The SMILES string of the molecule is COC(=O)[C@@H]1CN(C(=S)NCC[NH+]2CCOCC2)CCS1. The van der Waals surface area contributed by atoms with Crippen molar-refractivity contribution in [2.45, 2.75) is 5.25 Å². The average Bonchev–Trinajstić information content (AvgIpc) is 2.55. The summed E-state index contributed by atoms with van der Waals surface area (Å²) in [6.07, 6.45) is 0. The van der Waals surface area contributed by atoms with Gasteiger partial charge in [0.2, 0.25) is 0 Å². The summed E-state index contributed by atoms with van der Waals surface area (Å²) >= 11 is 7.08. The van der Waals surface area contributed by atoms with Crippen molar-refractivity contribution in [2.24, 2.45) is 0 Å². The Kier molecular flexibility index (Phi) is 7.01. The number of morpholine rings is 1. The van der Waals surface area contributed by atoms with Crippen LogP contribution in [0.25, 0.3) is 0 Å². The number of rotatable bonds is 4. The molecule has 0 aliphatic carbocycles. The summed E-state index contributed by atoms with van der Waals surface area (Å²) < 4.78 is 10.2. The molecule has 2 fully saturated rings. The van der Waals surface area contributed by atoms with Crippen molar-refractivity contribution < 1.29 is 19.2 Å². The van der Waals surface area contributed by atoms with Crippen LogP contribution in [0.2, 0.25) is 0 Å². The minimum atomic E-state index is -0.162. The molecule has 2 saturated heterocycles. The van der Waals surface area contributed by atoms with E-state index in [2.05, 4.69) is 10.2 Å². The van der Waals surface area contributed by atoms with Gasteiger partial charge in [-0.15, -0.1) is 11.8 Å². The first-order valence-electron chi connectivity index (χ1n) is 7.34. The van der Waals surface area contributed by atoms with Crippen LogP contribution in [-0.2, 0) is 14.3 Å². The third kappa shape index (κ3) is 5.28. The fourth-order valence-corrected chi connectivity index (χ4v) is 3.87. The van der Waals surface area contributed by atoms with Gasteiger partial charge < -0.3 is 24.6 Å². The van der Waals surface area contributed by atoms with Gasteiger partial charge in [0.05, 0.1) is 33.4 Å². The molecule has 0 aromatic rings. The maximum atomic E-state index is 11.6. The minimum absolute atomic E-state index is 0.131. The topological polar surface area (TPSA) is 55.2 Å². The molecule has 0 saturated carbocycles. The Hall–Kier alpha value is -0.570. The average molecular weight is 334 g/mol. The molecule has 8 heteroatoms. The van der Waals surface area contributed by atoms with E-state index in [1.807, 2.05) is 0 Å². The van der Waals surface area contributed by atoms with Gasteiger partial charge in [0.25, 0.3) is 0 Å². The molecule has 0 bridgehead atoms. The van der Waals surface area contributed by atoms with E-state index in [9.17, 15) is 4.79 Å². The normalized spacial score (nSPS) is 23.7. The summed E-state index contributed by atoms with van der Waals surface area (Å²) in [7, 11) is 1.43. The summed E-state index contributed by atoms with van der Waals surface area (Å²) in [4.78, 5) is 15.2. The van der Waals surface area contributed by atoms with Gasteiger partial charge in [0.1, 0.15) is 18.3 Å². The van der Waals surface area contributed by atoms with Crippen molar-refractivity contribution in [2.75, 3.05) is 65.3 Å². The molecule has 120 valence electrons. The molecular weight excluding hydrogens is 310 g/mol. The van der Waals surface area contributed by atoms with Gasteiger partial charge in [-0.25, -0.2) is 0 Å². The maximum absolute atomic E-state index is 11.6. The molecule has 21 heavy (non-hydrogen) atoms. The van der Waals surface area contributed by atoms with Gasteiger partial charge >= 0.3 is 5.97 Å². The number of carbonyl (C=O) groups excluding carboxylic acids is 1. The van der Waals surface area contributed by atoms with Crippen LogP contribution in [0.15, 0.2) is 0 Å². The fraction of sp³-hybridized carbons (Fsp3) is 0.846. The van der Waals surface area contributed by atoms with Crippen molar-refractivity contribution in [3.63, 3.8) is 0 Å². The molecule has 2 rings (SSSR count). The number of carbonyl (C=O) groups is 1.